The zero-order chi connectivity index (χ0) is 28.0. The molecule has 38 heavy (non-hydrogen) atoms. The third-order valence-corrected chi connectivity index (χ3v) is 6.41. The highest BCUT2D eigenvalue weighted by atomic mass is 16.5. The fourth-order valence-corrected chi connectivity index (χ4v) is 4.34. The number of nitrogens with one attached hydrogen (secondary N) is 1. The second-order valence-electron chi connectivity index (χ2n) is 9.52. The summed E-state index contributed by atoms with van der Waals surface area (Å²) < 4.78 is 4.84. The van der Waals surface area contributed by atoms with Gasteiger partial charge in [0.05, 0.1) is 17.7 Å². The van der Waals surface area contributed by atoms with E-state index in [1.165, 1.54) is 13.0 Å². The number of phenolic OH excluding ortho intramolecular Hbond substituents is 2. The van der Waals surface area contributed by atoms with Gasteiger partial charge in [-0.3, -0.25) is 19.9 Å². The molecule has 0 unspecified atom stereocenters. The van der Waals surface area contributed by atoms with Crippen LogP contribution in [0.5, 0.6) is 11.5 Å². The van der Waals surface area contributed by atoms with Crippen LogP contribution in [0.3, 0.4) is 0 Å². The number of hydrogen-bond donors (Lipinski definition) is 4. The van der Waals surface area contributed by atoms with E-state index in [1.54, 1.807) is 17.0 Å². The molecular formula is C27H35N5O6. The van der Waals surface area contributed by atoms with Crippen molar-refractivity contribution in [3.05, 3.63) is 53.1 Å². The second-order valence-corrected chi connectivity index (χ2v) is 9.52. The van der Waals surface area contributed by atoms with E-state index >= 15 is 0 Å². The molecule has 2 aromatic carbocycles. The summed E-state index contributed by atoms with van der Waals surface area (Å²) in [5.41, 5.74) is 7.57. The number of ether oxygens (including phenoxy) is 1. The Labute approximate surface area is 221 Å². The van der Waals surface area contributed by atoms with E-state index in [0.29, 0.717) is 44.0 Å². The third kappa shape index (κ3) is 7.00. The number of amides is 3. The maximum atomic E-state index is 12.3. The number of urea groups is 1. The van der Waals surface area contributed by atoms with Gasteiger partial charge in [-0.15, -0.1) is 0 Å². The monoisotopic (exact) mass is 525 g/mol. The van der Waals surface area contributed by atoms with E-state index in [0.717, 1.165) is 16.5 Å². The lowest BCUT2D eigenvalue weighted by Gasteiger charge is -2.34. The quantitative estimate of drug-likeness (QED) is 0.234. The molecule has 11 heteroatoms. The molecule has 0 aliphatic carbocycles. The zero-order valence-corrected chi connectivity index (χ0v) is 21.9. The maximum absolute atomic E-state index is 12.3. The molecule has 5 N–H and O–H groups in total. The van der Waals surface area contributed by atoms with E-state index in [9.17, 15) is 24.6 Å². The molecule has 204 valence electrons. The van der Waals surface area contributed by atoms with Gasteiger partial charge >= 0.3 is 12.0 Å². The molecule has 11 nitrogen and oxygen atoms in total. The predicted molar refractivity (Wildman–Crippen MR) is 142 cm³/mol. The number of nitrogens with two attached hydrogens (primary N) is 1. The van der Waals surface area contributed by atoms with Crippen LogP contribution < -0.4 is 10.6 Å². The molecule has 0 spiro atoms. The Balaban J connectivity index is 1.64. The molecule has 1 saturated heterocycles. The van der Waals surface area contributed by atoms with Crippen LogP contribution >= 0.6 is 0 Å². The average molecular weight is 526 g/mol. The molecule has 1 aliphatic rings. The summed E-state index contributed by atoms with van der Waals surface area (Å²) in [6.45, 7) is 8.33. The standard InChI is InChI=1S/C27H35N5O6/c1-17(2)21-14-22(24(35)15-23(21)34)26(28)32(27(29)37)20-6-4-19(5-7-20)16-30-9-11-31(12-10-30)25(36)8-13-38-18(3)33/h4-7,14-15,17,28,34-35H,8-13,16H2,1-3H3,(H2,29,37). The Morgan fingerprint density at radius 3 is 2.24 bits per heavy atom. The highest BCUT2D eigenvalue weighted by Crippen LogP contribution is 2.33. The summed E-state index contributed by atoms with van der Waals surface area (Å²) in [6, 6.07) is 8.82. The summed E-state index contributed by atoms with van der Waals surface area (Å²) in [4.78, 5) is 40.4. The van der Waals surface area contributed by atoms with Crippen LogP contribution in [0.2, 0.25) is 0 Å². The minimum Gasteiger partial charge on any atom is -0.508 e. The number of phenols is 2. The first-order valence-corrected chi connectivity index (χ1v) is 12.4. The molecule has 1 fully saturated rings. The fourth-order valence-electron chi connectivity index (χ4n) is 4.34. The van der Waals surface area contributed by atoms with E-state index in [1.807, 2.05) is 26.0 Å². The SMILES string of the molecule is CC(=O)OCCC(=O)N1CCN(Cc2ccc(N(C(=N)c3cc(C(C)C)c(O)cc3O)C(N)=O)cc2)CC1. The van der Waals surface area contributed by atoms with E-state index in [2.05, 4.69) is 4.90 Å². The average Bonchev–Trinajstić information content (AvgIpc) is 2.85. The number of carbonyl (C=O) groups is 3. The summed E-state index contributed by atoms with van der Waals surface area (Å²) in [5.74, 6) is -1.23. The van der Waals surface area contributed by atoms with Crippen molar-refractivity contribution in [2.75, 3.05) is 37.7 Å². The van der Waals surface area contributed by atoms with Crippen molar-refractivity contribution >= 4 is 29.4 Å². The highest BCUT2D eigenvalue weighted by molar-refractivity contribution is 6.22. The lowest BCUT2D eigenvalue weighted by atomic mass is 9.98. The van der Waals surface area contributed by atoms with Crippen LogP contribution in [0.4, 0.5) is 10.5 Å². The number of aromatic hydroxyl groups is 2. The zero-order valence-electron chi connectivity index (χ0n) is 21.9. The van der Waals surface area contributed by atoms with Crippen LogP contribution in [-0.4, -0.2) is 76.5 Å². The van der Waals surface area contributed by atoms with Gasteiger partial charge in [-0.1, -0.05) is 26.0 Å². The van der Waals surface area contributed by atoms with Crippen molar-refractivity contribution in [2.45, 2.75) is 39.7 Å². The van der Waals surface area contributed by atoms with Crippen molar-refractivity contribution < 1.29 is 29.3 Å². The van der Waals surface area contributed by atoms with Crippen molar-refractivity contribution in [2.24, 2.45) is 5.73 Å². The summed E-state index contributed by atoms with van der Waals surface area (Å²) in [7, 11) is 0. The van der Waals surface area contributed by atoms with E-state index in [4.69, 9.17) is 15.9 Å². The fraction of sp³-hybridized carbons (Fsp3) is 0.407. The number of rotatable bonds is 8. The minimum atomic E-state index is -0.879. The highest BCUT2D eigenvalue weighted by Gasteiger charge is 2.25. The number of primary amides is 1. The summed E-state index contributed by atoms with van der Waals surface area (Å²) >= 11 is 0. The van der Waals surface area contributed by atoms with Crippen molar-refractivity contribution in [1.29, 1.82) is 5.41 Å². The molecule has 3 amide bonds. The Hall–Kier alpha value is -4.12. The lowest BCUT2D eigenvalue weighted by Crippen LogP contribution is -2.48. The second kappa shape index (κ2) is 12.4. The van der Waals surface area contributed by atoms with Crippen LogP contribution in [0.15, 0.2) is 36.4 Å². The van der Waals surface area contributed by atoms with Crippen molar-refractivity contribution in [1.82, 2.24) is 9.80 Å². The maximum Gasteiger partial charge on any atom is 0.325 e. The summed E-state index contributed by atoms with van der Waals surface area (Å²) in [5, 5.41) is 29.1. The smallest absolute Gasteiger partial charge is 0.325 e. The van der Waals surface area contributed by atoms with Gasteiger partial charge in [-0.25, -0.2) is 9.69 Å². The van der Waals surface area contributed by atoms with Gasteiger partial charge in [0.1, 0.15) is 23.9 Å². The number of piperazine rings is 1. The first-order chi connectivity index (χ1) is 18.0. The van der Waals surface area contributed by atoms with Crippen molar-refractivity contribution in [3.63, 3.8) is 0 Å². The topological polar surface area (TPSA) is 160 Å². The van der Waals surface area contributed by atoms with Crippen molar-refractivity contribution in [3.8, 4) is 11.5 Å². The van der Waals surface area contributed by atoms with Gasteiger partial charge in [-0.05, 0) is 35.2 Å². The van der Waals surface area contributed by atoms with E-state index < -0.39 is 12.0 Å². The lowest BCUT2D eigenvalue weighted by molar-refractivity contribution is -0.143. The Morgan fingerprint density at radius 1 is 1.05 bits per heavy atom. The number of amidine groups is 1. The molecule has 1 heterocycles. The molecule has 0 atom stereocenters. The minimum absolute atomic E-state index is 0.0376. The Bertz CT molecular complexity index is 1190. The number of carbonyl (C=O) groups excluding carboxylic acids is 3. The van der Waals surface area contributed by atoms with Gasteiger partial charge in [0.25, 0.3) is 0 Å². The van der Waals surface area contributed by atoms with Crippen LogP contribution in [0.1, 0.15) is 49.8 Å². The Kier molecular flexibility index (Phi) is 9.30. The van der Waals surface area contributed by atoms with E-state index in [-0.39, 0.29) is 47.8 Å². The number of nitrogens with zero attached hydrogens (tertiary/aromatic N) is 3. The van der Waals surface area contributed by atoms with Gasteiger partial charge in [0.15, 0.2) is 0 Å². The molecule has 1 aliphatic heterocycles. The molecule has 3 rings (SSSR count). The third-order valence-electron chi connectivity index (χ3n) is 6.41. The first-order valence-electron chi connectivity index (χ1n) is 12.4. The largest absolute Gasteiger partial charge is 0.508 e. The molecule has 0 bridgehead atoms. The molecule has 0 aromatic heterocycles. The van der Waals surface area contributed by atoms with Gasteiger partial charge in [0.2, 0.25) is 5.91 Å². The molecule has 2 aromatic rings. The van der Waals surface area contributed by atoms with Crippen LogP contribution in [0, 0.1) is 5.41 Å². The molecule has 0 saturated carbocycles. The number of esters is 1. The van der Waals surface area contributed by atoms with Gasteiger partial charge < -0.3 is 25.6 Å². The van der Waals surface area contributed by atoms with Crippen LogP contribution in [-0.2, 0) is 20.9 Å². The molecule has 0 radical (unpaired) electrons. The predicted octanol–water partition coefficient (Wildman–Crippen LogP) is 2.73. The summed E-state index contributed by atoms with van der Waals surface area (Å²) in [6.07, 6.45) is 0.174. The Morgan fingerprint density at radius 2 is 1.68 bits per heavy atom. The number of benzene rings is 2. The first kappa shape index (κ1) is 28.5. The number of anilines is 1. The van der Waals surface area contributed by atoms with Gasteiger partial charge in [-0.2, -0.15) is 0 Å². The molecular weight excluding hydrogens is 490 g/mol. The number of hydrogen-bond acceptors (Lipinski definition) is 8. The normalized spacial score (nSPS) is 13.8. The van der Waals surface area contributed by atoms with Crippen LogP contribution in [0.25, 0.3) is 0 Å². The van der Waals surface area contributed by atoms with Gasteiger partial charge in [0, 0.05) is 45.7 Å².